The van der Waals surface area contributed by atoms with E-state index in [1.165, 1.54) is 12.8 Å². The standard InChI is InChI=1S/C14H20N2O/c1-9-6-7-11(15)8-12(9)14(17)16-13-5-3-4-10(13)2/h6-8,10,13H,3-5,15H2,1-2H3,(H,16,17). The van der Waals surface area contributed by atoms with Crippen LogP contribution < -0.4 is 11.1 Å². The third kappa shape index (κ3) is 2.60. The number of nitrogens with two attached hydrogens (primary N) is 1. The van der Waals surface area contributed by atoms with Crippen molar-refractivity contribution in [2.24, 2.45) is 5.92 Å². The normalized spacial score (nSPS) is 23.6. The first-order valence-corrected chi connectivity index (χ1v) is 6.25. The lowest BCUT2D eigenvalue weighted by molar-refractivity contribution is 0.0929. The number of amides is 1. The molecule has 17 heavy (non-hydrogen) atoms. The fraction of sp³-hybridized carbons (Fsp3) is 0.500. The molecule has 0 radical (unpaired) electrons. The van der Waals surface area contributed by atoms with Gasteiger partial charge in [0.25, 0.3) is 5.91 Å². The van der Waals surface area contributed by atoms with Crippen molar-refractivity contribution in [2.45, 2.75) is 39.2 Å². The molecule has 1 aromatic rings. The van der Waals surface area contributed by atoms with Crippen LogP contribution in [0.25, 0.3) is 0 Å². The lowest BCUT2D eigenvalue weighted by atomic mass is 10.0. The van der Waals surface area contributed by atoms with E-state index in [0.29, 0.717) is 23.2 Å². The van der Waals surface area contributed by atoms with Gasteiger partial charge in [-0.15, -0.1) is 0 Å². The molecule has 0 heterocycles. The van der Waals surface area contributed by atoms with E-state index in [4.69, 9.17) is 5.73 Å². The van der Waals surface area contributed by atoms with Crippen LogP contribution in [0.5, 0.6) is 0 Å². The Morgan fingerprint density at radius 2 is 2.18 bits per heavy atom. The maximum Gasteiger partial charge on any atom is 0.251 e. The number of benzene rings is 1. The van der Waals surface area contributed by atoms with E-state index >= 15 is 0 Å². The summed E-state index contributed by atoms with van der Waals surface area (Å²) in [6.07, 6.45) is 3.51. The number of carbonyl (C=O) groups is 1. The van der Waals surface area contributed by atoms with E-state index < -0.39 is 0 Å². The number of anilines is 1. The molecule has 3 heteroatoms. The van der Waals surface area contributed by atoms with Crippen molar-refractivity contribution in [3.8, 4) is 0 Å². The zero-order valence-electron chi connectivity index (χ0n) is 10.5. The van der Waals surface area contributed by atoms with Crippen molar-refractivity contribution in [1.29, 1.82) is 0 Å². The second-order valence-electron chi connectivity index (χ2n) is 5.06. The molecule has 3 nitrogen and oxygen atoms in total. The summed E-state index contributed by atoms with van der Waals surface area (Å²) >= 11 is 0. The van der Waals surface area contributed by atoms with E-state index in [2.05, 4.69) is 12.2 Å². The third-order valence-electron chi connectivity index (χ3n) is 3.68. The van der Waals surface area contributed by atoms with Gasteiger partial charge in [0.15, 0.2) is 0 Å². The lowest BCUT2D eigenvalue weighted by Gasteiger charge is -2.18. The van der Waals surface area contributed by atoms with E-state index in [-0.39, 0.29) is 5.91 Å². The molecule has 2 unspecified atom stereocenters. The highest BCUT2D eigenvalue weighted by atomic mass is 16.1. The SMILES string of the molecule is Cc1ccc(N)cc1C(=O)NC1CCCC1C. The van der Waals surface area contributed by atoms with Crippen LogP contribution in [-0.2, 0) is 0 Å². The Morgan fingerprint density at radius 3 is 2.82 bits per heavy atom. The average Bonchev–Trinajstić information content (AvgIpc) is 2.68. The van der Waals surface area contributed by atoms with Crippen molar-refractivity contribution in [2.75, 3.05) is 5.73 Å². The number of nitrogen functional groups attached to an aromatic ring is 1. The number of hydrogen-bond donors (Lipinski definition) is 2. The van der Waals surface area contributed by atoms with Crippen LogP contribution in [0.4, 0.5) is 5.69 Å². The number of nitrogens with one attached hydrogen (secondary N) is 1. The van der Waals surface area contributed by atoms with Crippen LogP contribution in [0.15, 0.2) is 18.2 Å². The van der Waals surface area contributed by atoms with Crippen LogP contribution in [0.1, 0.15) is 42.1 Å². The van der Waals surface area contributed by atoms with Gasteiger partial charge < -0.3 is 11.1 Å². The minimum absolute atomic E-state index is 0.00792. The van der Waals surface area contributed by atoms with Gasteiger partial charge in [-0.25, -0.2) is 0 Å². The first kappa shape index (κ1) is 12.0. The van der Waals surface area contributed by atoms with Gasteiger partial charge in [-0.05, 0) is 43.4 Å². The summed E-state index contributed by atoms with van der Waals surface area (Å²) in [5.74, 6) is 0.592. The van der Waals surface area contributed by atoms with Crippen LogP contribution in [0.3, 0.4) is 0 Å². The van der Waals surface area contributed by atoms with Gasteiger partial charge >= 0.3 is 0 Å². The molecule has 0 saturated heterocycles. The molecule has 0 spiro atoms. The van der Waals surface area contributed by atoms with Crippen LogP contribution in [0.2, 0.25) is 0 Å². The molecule has 0 bridgehead atoms. The smallest absolute Gasteiger partial charge is 0.251 e. The van der Waals surface area contributed by atoms with Crippen LogP contribution >= 0.6 is 0 Å². The summed E-state index contributed by atoms with van der Waals surface area (Å²) in [5, 5.41) is 3.12. The summed E-state index contributed by atoms with van der Waals surface area (Å²) in [6, 6.07) is 5.79. The third-order valence-corrected chi connectivity index (χ3v) is 3.68. The molecular weight excluding hydrogens is 212 g/mol. The van der Waals surface area contributed by atoms with Gasteiger partial charge in [-0.2, -0.15) is 0 Å². The molecule has 1 amide bonds. The zero-order valence-corrected chi connectivity index (χ0v) is 10.5. The Hall–Kier alpha value is -1.51. The first-order valence-electron chi connectivity index (χ1n) is 6.25. The average molecular weight is 232 g/mol. The van der Waals surface area contributed by atoms with Crippen molar-refractivity contribution in [3.63, 3.8) is 0 Å². The minimum atomic E-state index is 0.00792. The molecule has 1 saturated carbocycles. The number of hydrogen-bond acceptors (Lipinski definition) is 2. The van der Waals surface area contributed by atoms with Gasteiger partial charge in [0.05, 0.1) is 0 Å². The topological polar surface area (TPSA) is 55.1 Å². The van der Waals surface area contributed by atoms with Crippen molar-refractivity contribution < 1.29 is 4.79 Å². The molecular formula is C14H20N2O. The fourth-order valence-corrected chi connectivity index (χ4v) is 2.49. The highest BCUT2D eigenvalue weighted by Crippen LogP contribution is 2.25. The van der Waals surface area contributed by atoms with Crippen LogP contribution in [-0.4, -0.2) is 11.9 Å². The number of rotatable bonds is 2. The molecule has 1 aliphatic rings. The Morgan fingerprint density at radius 1 is 1.41 bits per heavy atom. The monoisotopic (exact) mass is 232 g/mol. The highest BCUT2D eigenvalue weighted by molar-refractivity contribution is 5.96. The van der Waals surface area contributed by atoms with Gasteiger partial charge in [0, 0.05) is 17.3 Å². The molecule has 2 rings (SSSR count). The van der Waals surface area contributed by atoms with E-state index in [9.17, 15) is 4.79 Å². The number of aryl methyl sites for hydroxylation is 1. The first-order chi connectivity index (χ1) is 8.08. The molecule has 0 aromatic heterocycles. The molecule has 2 atom stereocenters. The Balaban J connectivity index is 2.11. The van der Waals surface area contributed by atoms with Crippen LogP contribution in [0, 0.1) is 12.8 Å². The quantitative estimate of drug-likeness (QED) is 0.770. The van der Waals surface area contributed by atoms with E-state index in [1.807, 2.05) is 19.1 Å². The lowest BCUT2D eigenvalue weighted by Crippen LogP contribution is -2.36. The molecule has 0 aliphatic heterocycles. The largest absolute Gasteiger partial charge is 0.399 e. The summed E-state index contributed by atoms with van der Waals surface area (Å²) in [5.41, 5.74) is 8.03. The molecule has 92 valence electrons. The molecule has 1 fully saturated rings. The fourth-order valence-electron chi connectivity index (χ4n) is 2.49. The predicted octanol–water partition coefficient (Wildman–Crippen LogP) is 2.50. The van der Waals surface area contributed by atoms with Gasteiger partial charge in [0.2, 0.25) is 0 Å². The Kier molecular flexibility index (Phi) is 3.36. The predicted molar refractivity (Wildman–Crippen MR) is 69.9 cm³/mol. The molecule has 1 aromatic carbocycles. The summed E-state index contributed by atoms with van der Waals surface area (Å²) < 4.78 is 0. The van der Waals surface area contributed by atoms with E-state index in [0.717, 1.165) is 12.0 Å². The minimum Gasteiger partial charge on any atom is -0.399 e. The molecule has 1 aliphatic carbocycles. The second-order valence-corrected chi connectivity index (χ2v) is 5.06. The van der Waals surface area contributed by atoms with Crippen molar-refractivity contribution in [1.82, 2.24) is 5.32 Å². The summed E-state index contributed by atoms with van der Waals surface area (Å²) in [6.45, 7) is 4.14. The van der Waals surface area contributed by atoms with Crippen molar-refractivity contribution in [3.05, 3.63) is 29.3 Å². The zero-order chi connectivity index (χ0) is 12.4. The maximum atomic E-state index is 12.2. The van der Waals surface area contributed by atoms with E-state index in [1.54, 1.807) is 6.07 Å². The number of carbonyl (C=O) groups excluding carboxylic acids is 1. The second kappa shape index (κ2) is 4.78. The maximum absolute atomic E-state index is 12.2. The Bertz CT molecular complexity index is 428. The van der Waals surface area contributed by atoms with Gasteiger partial charge in [-0.1, -0.05) is 19.4 Å². The summed E-state index contributed by atoms with van der Waals surface area (Å²) in [7, 11) is 0. The van der Waals surface area contributed by atoms with Gasteiger partial charge in [0.1, 0.15) is 0 Å². The van der Waals surface area contributed by atoms with Gasteiger partial charge in [-0.3, -0.25) is 4.79 Å². The Labute approximate surface area is 102 Å². The molecule has 3 N–H and O–H groups in total. The van der Waals surface area contributed by atoms with Crippen molar-refractivity contribution >= 4 is 11.6 Å². The summed E-state index contributed by atoms with van der Waals surface area (Å²) in [4.78, 5) is 12.2. The highest BCUT2D eigenvalue weighted by Gasteiger charge is 2.25.